The molecule has 1 amide bonds. The zero-order valence-corrected chi connectivity index (χ0v) is 18.3. The van der Waals surface area contributed by atoms with Gasteiger partial charge in [0.05, 0.1) is 0 Å². The van der Waals surface area contributed by atoms with E-state index in [9.17, 15) is 13.6 Å². The molecule has 11 heteroatoms. The highest BCUT2D eigenvalue weighted by molar-refractivity contribution is 14.0. The molecule has 0 spiro atoms. The van der Waals surface area contributed by atoms with Crippen LogP contribution < -0.4 is 30.6 Å². The number of nitrogens with one attached hydrogen (secondary N) is 2. The summed E-state index contributed by atoms with van der Waals surface area (Å²) in [6, 6.07) is 9.82. The average Bonchev–Trinajstić information content (AvgIpc) is 3.15. The number of guanidine groups is 1. The van der Waals surface area contributed by atoms with Crippen molar-refractivity contribution in [1.82, 2.24) is 10.6 Å². The van der Waals surface area contributed by atoms with Crippen molar-refractivity contribution in [2.45, 2.75) is 19.7 Å². The standard InChI is InChI=1S/C19H20F2N4O4.HI/c1-23-19(24-8-11-3-2-4-12(5-11)17(22)26)25-9-13-6-15-16(28-10-27-15)7-14(13)29-18(20)21;/h2-7,18H,8-10H2,1H3,(H2,22,26)(H2,23,24,25);1H. The third-order valence-corrected chi connectivity index (χ3v) is 4.11. The first kappa shape index (κ1) is 23.4. The van der Waals surface area contributed by atoms with Crippen molar-refractivity contribution in [2.75, 3.05) is 13.8 Å². The Morgan fingerprint density at radius 2 is 1.90 bits per heavy atom. The topological polar surface area (TPSA) is 107 Å². The highest BCUT2D eigenvalue weighted by Gasteiger charge is 2.20. The first-order chi connectivity index (χ1) is 14.0. The van der Waals surface area contributed by atoms with E-state index in [4.69, 9.17) is 15.2 Å². The first-order valence-corrected chi connectivity index (χ1v) is 8.67. The number of nitrogens with zero attached hydrogens (tertiary/aromatic N) is 1. The van der Waals surface area contributed by atoms with E-state index in [1.165, 1.54) is 6.07 Å². The lowest BCUT2D eigenvalue weighted by atomic mass is 10.1. The highest BCUT2D eigenvalue weighted by Crippen LogP contribution is 2.38. The maximum atomic E-state index is 12.7. The van der Waals surface area contributed by atoms with Gasteiger partial charge in [-0.15, -0.1) is 24.0 Å². The van der Waals surface area contributed by atoms with E-state index in [0.29, 0.717) is 35.1 Å². The van der Waals surface area contributed by atoms with Crippen molar-refractivity contribution in [3.05, 3.63) is 53.1 Å². The summed E-state index contributed by atoms with van der Waals surface area (Å²) < 4.78 is 40.5. The van der Waals surface area contributed by atoms with E-state index >= 15 is 0 Å². The fraction of sp³-hybridized carbons (Fsp3) is 0.263. The van der Waals surface area contributed by atoms with Gasteiger partial charge in [0.1, 0.15) is 5.75 Å². The van der Waals surface area contributed by atoms with E-state index in [-0.39, 0.29) is 43.1 Å². The van der Waals surface area contributed by atoms with Crippen LogP contribution in [0.2, 0.25) is 0 Å². The van der Waals surface area contributed by atoms with Crippen LogP contribution in [0.4, 0.5) is 8.78 Å². The normalized spacial score (nSPS) is 12.3. The Balaban J connectivity index is 0.00000320. The fourth-order valence-electron chi connectivity index (χ4n) is 2.73. The minimum atomic E-state index is -2.97. The van der Waals surface area contributed by atoms with Crippen molar-refractivity contribution in [2.24, 2.45) is 10.7 Å². The van der Waals surface area contributed by atoms with Crippen LogP contribution in [0.1, 0.15) is 21.5 Å². The molecule has 1 aliphatic heterocycles. The molecule has 4 N–H and O–H groups in total. The van der Waals surface area contributed by atoms with E-state index in [0.717, 1.165) is 5.56 Å². The summed E-state index contributed by atoms with van der Waals surface area (Å²) in [7, 11) is 1.57. The number of amides is 1. The summed E-state index contributed by atoms with van der Waals surface area (Å²) in [5.74, 6) is 0.705. The van der Waals surface area contributed by atoms with E-state index in [2.05, 4.69) is 20.4 Å². The predicted octanol–water partition coefficient (Wildman–Crippen LogP) is 2.60. The number of hydrogen-bond donors (Lipinski definition) is 3. The third-order valence-electron chi connectivity index (χ3n) is 4.11. The Kier molecular flexibility index (Phi) is 8.45. The van der Waals surface area contributed by atoms with Crippen LogP contribution in [0.15, 0.2) is 41.4 Å². The molecule has 0 aromatic heterocycles. The molecular weight excluding hydrogens is 513 g/mol. The van der Waals surface area contributed by atoms with Gasteiger partial charge < -0.3 is 30.6 Å². The van der Waals surface area contributed by atoms with Crippen LogP contribution in [-0.2, 0) is 13.1 Å². The number of rotatable bonds is 7. The van der Waals surface area contributed by atoms with Crippen molar-refractivity contribution >= 4 is 35.8 Å². The Labute approximate surface area is 188 Å². The monoisotopic (exact) mass is 534 g/mol. The van der Waals surface area contributed by atoms with Gasteiger partial charge in [-0.2, -0.15) is 8.78 Å². The average molecular weight is 534 g/mol. The number of ether oxygens (including phenoxy) is 3. The molecule has 0 atom stereocenters. The number of carbonyl (C=O) groups excluding carboxylic acids is 1. The summed E-state index contributed by atoms with van der Waals surface area (Å²) in [5.41, 5.74) is 6.97. The number of benzene rings is 2. The summed E-state index contributed by atoms with van der Waals surface area (Å²) in [4.78, 5) is 15.4. The van der Waals surface area contributed by atoms with Gasteiger partial charge in [-0.05, 0) is 23.8 Å². The van der Waals surface area contributed by atoms with Crippen LogP contribution in [0.3, 0.4) is 0 Å². The molecule has 0 saturated carbocycles. The van der Waals surface area contributed by atoms with Gasteiger partial charge >= 0.3 is 6.61 Å². The Bertz CT molecular complexity index is 927. The smallest absolute Gasteiger partial charge is 0.387 e. The number of fused-ring (bicyclic) bond motifs is 1. The number of primary amides is 1. The SMILES string of the molecule is CN=C(NCc1cccc(C(N)=O)c1)NCc1cc2c(cc1OC(F)F)OCO2.I. The molecule has 30 heavy (non-hydrogen) atoms. The molecule has 0 bridgehead atoms. The van der Waals surface area contributed by atoms with Crippen molar-refractivity contribution < 1.29 is 27.8 Å². The molecule has 162 valence electrons. The molecule has 0 fully saturated rings. The largest absolute Gasteiger partial charge is 0.454 e. The van der Waals surface area contributed by atoms with Crippen molar-refractivity contribution in [1.29, 1.82) is 0 Å². The molecule has 2 aromatic carbocycles. The van der Waals surface area contributed by atoms with Gasteiger partial charge in [-0.1, -0.05) is 12.1 Å². The second-order valence-electron chi connectivity index (χ2n) is 6.04. The van der Waals surface area contributed by atoms with Gasteiger partial charge in [0, 0.05) is 37.3 Å². The van der Waals surface area contributed by atoms with Crippen LogP contribution in [0.5, 0.6) is 17.2 Å². The van der Waals surface area contributed by atoms with Gasteiger partial charge in [0.2, 0.25) is 12.7 Å². The number of alkyl halides is 2. The number of hydrogen-bond acceptors (Lipinski definition) is 5. The summed E-state index contributed by atoms with van der Waals surface area (Å²) >= 11 is 0. The van der Waals surface area contributed by atoms with E-state index in [1.54, 1.807) is 31.3 Å². The number of nitrogens with two attached hydrogens (primary N) is 1. The number of aliphatic imine (C=N–C) groups is 1. The minimum Gasteiger partial charge on any atom is -0.454 e. The van der Waals surface area contributed by atoms with Gasteiger partial charge in [-0.25, -0.2) is 0 Å². The lowest BCUT2D eigenvalue weighted by Gasteiger charge is -2.15. The van der Waals surface area contributed by atoms with Crippen LogP contribution in [-0.4, -0.2) is 32.3 Å². The second-order valence-corrected chi connectivity index (χ2v) is 6.04. The quantitative estimate of drug-likeness (QED) is 0.287. The van der Waals surface area contributed by atoms with Crippen LogP contribution >= 0.6 is 24.0 Å². The Morgan fingerprint density at radius 3 is 2.57 bits per heavy atom. The molecule has 2 aromatic rings. The molecule has 0 unspecified atom stereocenters. The van der Waals surface area contributed by atoms with Crippen LogP contribution in [0, 0.1) is 0 Å². The molecular formula is C19H21F2IN4O4. The van der Waals surface area contributed by atoms with E-state index < -0.39 is 12.5 Å². The molecule has 0 saturated heterocycles. The molecule has 0 aliphatic carbocycles. The lowest BCUT2D eigenvalue weighted by molar-refractivity contribution is -0.0505. The minimum absolute atomic E-state index is 0. The van der Waals surface area contributed by atoms with Gasteiger partial charge in [-0.3, -0.25) is 9.79 Å². The van der Waals surface area contributed by atoms with Crippen molar-refractivity contribution in [3.63, 3.8) is 0 Å². The number of halogens is 3. The lowest BCUT2D eigenvalue weighted by Crippen LogP contribution is -2.36. The molecule has 8 nitrogen and oxygen atoms in total. The Morgan fingerprint density at radius 1 is 1.20 bits per heavy atom. The van der Waals surface area contributed by atoms with Gasteiger partial charge in [0.15, 0.2) is 17.5 Å². The summed E-state index contributed by atoms with van der Waals surface area (Å²) in [6.07, 6.45) is 0. The Hall–Kier alpha value is -2.83. The molecule has 0 radical (unpaired) electrons. The van der Waals surface area contributed by atoms with Gasteiger partial charge in [0.25, 0.3) is 0 Å². The van der Waals surface area contributed by atoms with E-state index in [1.807, 2.05) is 6.07 Å². The fourth-order valence-corrected chi connectivity index (χ4v) is 2.73. The zero-order valence-electron chi connectivity index (χ0n) is 16.0. The first-order valence-electron chi connectivity index (χ1n) is 8.67. The maximum Gasteiger partial charge on any atom is 0.387 e. The molecule has 1 aliphatic rings. The molecule has 1 heterocycles. The predicted molar refractivity (Wildman–Crippen MR) is 117 cm³/mol. The molecule has 3 rings (SSSR count). The second kappa shape index (κ2) is 10.8. The van der Waals surface area contributed by atoms with Crippen LogP contribution in [0.25, 0.3) is 0 Å². The highest BCUT2D eigenvalue weighted by atomic mass is 127. The third kappa shape index (κ3) is 6.08. The number of carbonyl (C=O) groups is 1. The zero-order chi connectivity index (χ0) is 20.8. The summed E-state index contributed by atoms with van der Waals surface area (Å²) in [5, 5.41) is 6.10. The summed E-state index contributed by atoms with van der Waals surface area (Å²) in [6.45, 7) is -2.42. The maximum absolute atomic E-state index is 12.7. The van der Waals surface area contributed by atoms with Crippen molar-refractivity contribution in [3.8, 4) is 17.2 Å².